The second-order valence-electron chi connectivity index (χ2n) is 7.10. The minimum Gasteiger partial charge on any atom is -0.475 e. The first-order valence-corrected chi connectivity index (χ1v) is 9.13. The van der Waals surface area contributed by atoms with Gasteiger partial charge in [0.15, 0.2) is 0 Å². The van der Waals surface area contributed by atoms with Gasteiger partial charge in [0.1, 0.15) is 0 Å². The minimum absolute atomic E-state index is 0.316. The fourth-order valence-electron chi connectivity index (χ4n) is 3.73. The molecule has 1 spiro atoms. The van der Waals surface area contributed by atoms with Crippen LogP contribution in [0.1, 0.15) is 19.3 Å². The van der Waals surface area contributed by atoms with Crippen LogP contribution in [0.5, 0.6) is 0 Å². The fraction of sp³-hybridized carbons (Fsp3) is 0.500. The Morgan fingerprint density at radius 1 is 0.897 bits per heavy atom. The topological polar surface area (TPSA) is 95.3 Å². The lowest BCUT2D eigenvalue weighted by atomic mass is 9.79. The first-order chi connectivity index (χ1) is 13.8. The molecular weight excluding hydrogens is 389 g/mol. The highest BCUT2D eigenvalue weighted by Gasteiger charge is 2.42. The van der Waals surface area contributed by atoms with Gasteiger partial charge in [0, 0.05) is 56.4 Å². The Morgan fingerprint density at radius 2 is 1.34 bits per heavy atom. The van der Waals surface area contributed by atoms with E-state index in [1.54, 1.807) is 0 Å². The van der Waals surface area contributed by atoms with E-state index in [-0.39, 0.29) is 0 Å². The van der Waals surface area contributed by atoms with Gasteiger partial charge in [-0.1, -0.05) is 0 Å². The van der Waals surface area contributed by atoms with Crippen molar-refractivity contribution < 1.29 is 23.1 Å². The predicted octanol–water partition coefficient (Wildman–Crippen LogP) is 2.40. The van der Waals surface area contributed by atoms with E-state index in [4.69, 9.17) is 9.90 Å². The monoisotopic (exact) mass is 410 g/mol. The van der Waals surface area contributed by atoms with Crippen LogP contribution in [0.15, 0.2) is 36.9 Å². The second kappa shape index (κ2) is 8.58. The maximum atomic E-state index is 10.6. The van der Waals surface area contributed by atoms with Crippen LogP contribution in [0.2, 0.25) is 0 Å². The van der Waals surface area contributed by atoms with Crippen LogP contribution >= 0.6 is 0 Å². The smallest absolute Gasteiger partial charge is 0.475 e. The summed E-state index contributed by atoms with van der Waals surface area (Å²) in [6, 6.07) is 3.73. The molecule has 0 amide bonds. The third-order valence-corrected chi connectivity index (χ3v) is 5.01. The normalized spacial score (nSPS) is 21.6. The van der Waals surface area contributed by atoms with E-state index in [1.807, 2.05) is 36.9 Å². The van der Waals surface area contributed by atoms with Crippen molar-refractivity contribution in [1.29, 1.82) is 0 Å². The Balaban J connectivity index is 0.000000298. The van der Waals surface area contributed by atoms with Gasteiger partial charge in [-0.25, -0.2) is 24.7 Å². The van der Waals surface area contributed by atoms with E-state index in [1.165, 1.54) is 19.3 Å². The minimum atomic E-state index is -5.08. The highest BCUT2D eigenvalue weighted by molar-refractivity contribution is 5.73. The zero-order valence-electron chi connectivity index (χ0n) is 15.6. The van der Waals surface area contributed by atoms with E-state index in [9.17, 15) is 13.2 Å². The lowest BCUT2D eigenvalue weighted by Gasteiger charge is -2.40. The zero-order valence-corrected chi connectivity index (χ0v) is 15.6. The summed E-state index contributed by atoms with van der Waals surface area (Å²) in [4.78, 5) is 31.1. The molecule has 0 aromatic carbocycles. The quantitative estimate of drug-likeness (QED) is 0.807. The van der Waals surface area contributed by atoms with E-state index < -0.39 is 12.1 Å². The van der Waals surface area contributed by atoms with E-state index in [0.717, 1.165) is 38.1 Å². The van der Waals surface area contributed by atoms with E-state index >= 15 is 0 Å². The number of nitrogens with zero attached hydrogens (tertiary/aromatic N) is 6. The highest BCUT2D eigenvalue weighted by atomic mass is 19.4. The van der Waals surface area contributed by atoms with Crippen molar-refractivity contribution in [3.05, 3.63) is 36.9 Å². The lowest BCUT2D eigenvalue weighted by molar-refractivity contribution is -0.192. The molecule has 2 aromatic heterocycles. The number of anilines is 2. The SMILES string of the molecule is O=C(O)C(F)(F)F.c1cnc(N2CCCC3(CCN(c4ncccn4)C3)C2)nc1. The Labute approximate surface area is 165 Å². The molecule has 2 aliphatic rings. The fourth-order valence-corrected chi connectivity index (χ4v) is 3.73. The first-order valence-electron chi connectivity index (χ1n) is 9.13. The molecule has 0 bridgehead atoms. The summed E-state index contributed by atoms with van der Waals surface area (Å²) in [7, 11) is 0. The van der Waals surface area contributed by atoms with E-state index in [2.05, 4.69) is 29.7 Å². The number of rotatable bonds is 2. The van der Waals surface area contributed by atoms with Gasteiger partial charge in [-0.3, -0.25) is 0 Å². The summed E-state index contributed by atoms with van der Waals surface area (Å²) in [6.45, 7) is 4.14. The van der Waals surface area contributed by atoms with Gasteiger partial charge in [-0.05, 0) is 31.4 Å². The number of piperidine rings is 1. The maximum absolute atomic E-state index is 10.6. The molecule has 0 saturated carbocycles. The summed E-state index contributed by atoms with van der Waals surface area (Å²) in [5.74, 6) is -1.05. The Hall–Kier alpha value is -2.98. The molecule has 0 radical (unpaired) electrons. The summed E-state index contributed by atoms with van der Waals surface area (Å²) in [5.41, 5.74) is 0.316. The van der Waals surface area contributed by atoms with Crippen molar-refractivity contribution in [2.75, 3.05) is 36.0 Å². The Bertz CT molecular complexity index is 808. The van der Waals surface area contributed by atoms with Crippen molar-refractivity contribution >= 4 is 17.9 Å². The average molecular weight is 410 g/mol. The molecule has 8 nitrogen and oxygen atoms in total. The summed E-state index contributed by atoms with van der Waals surface area (Å²) >= 11 is 0. The second-order valence-corrected chi connectivity index (χ2v) is 7.10. The molecule has 11 heteroatoms. The Kier molecular flexibility index (Phi) is 6.14. The lowest BCUT2D eigenvalue weighted by Crippen LogP contribution is -2.45. The number of halogens is 3. The van der Waals surface area contributed by atoms with Crippen LogP contribution in [0.4, 0.5) is 25.1 Å². The molecular formula is C18H21F3N6O2. The van der Waals surface area contributed by atoms with Gasteiger partial charge in [0.25, 0.3) is 0 Å². The molecule has 1 unspecified atom stereocenters. The molecule has 4 heterocycles. The molecule has 2 fully saturated rings. The van der Waals surface area contributed by atoms with Gasteiger partial charge >= 0.3 is 12.1 Å². The van der Waals surface area contributed by atoms with Crippen LogP contribution in [0.3, 0.4) is 0 Å². The van der Waals surface area contributed by atoms with Crippen molar-refractivity contribution in [3.63, 3.8) is 0 Å². The molecule has 0 aliphatic carbocycles. The number of hydrogen-bond acceptors (Lipinski definition) is 7. The maximum Gasteiger partial charge on any atom is 0.490 e. The number of alkyl halides is 3. The van der Waals surface area contributed by atoms with Crippen LogP contribution in [-0.2, 0) is 4.79 Å². The number of aliphatic carboxylic acids is 1. The summed E-state index contributed by atoms with van der Waals surface area (Å²) in [6.07, 6.45) is 5.84. The molecule has 1 atom stereocenters. The van der Waals surface area contributed by atoms with Crippen molar-refractivity contribution in [2.24, 2.45) is 5.41 Å². The first kappa shape index (κ1) is 20.7. The highest BCUT2D eigenvalue weighted by Crippen LogP contribution is 2.40. The molecule has 156 valence electrons. The number of hydrogen-bond donors (Lipinski definition) is 1. The largest absolute Gasteiger partial charge is 0.490 e. The third-order valence-electron chi connectivity index (χ3n) is 5.01. The van der Waals surface area contributed by atoms with Gasteiger partial charge in [-0.15, -0.1) is 0 Å². The molecule has 2 aliphatic heterocycles. The van der Waals surface area contributed by atoms with Gasteiger partial charge in [-0.2, -0.15) is 13.2 Å². The zero-order chi connectivity index (χ0) is 20.9. The number of carboxylic acids is 1. The van der Waals surface area contributed by atoms with Crippen molar-refractivity contribution in [1.82, 2.24) is 19.9 Å². The van der Waals surface area contributed by atoms with Gasteiger partial charge < -0.3 is 14.9 Å². The number of carboxylic acid groups (broad SMARTS) is 1. The number of carbonyl (C=O) groups is 1. The Morgan fingerprint density at radius 3 is 1.79 bits per heavy atom. The molecule has 2 saturated heterocycles. The van der Waals surface area contributed by atoms with Gasteiger partial charge in [0.2, 0.25) is 11.9 Å². The van der Waals surface area contributed by atoms with Crippen LogP contribution in [0, 0.1) is 5.41 Å². The summed E-state index contributed by atoms with van der Waals surface area (Å²) in [5, 5.41) is 7.12. The molecule has 1 N–H and O–H groups in total. The van der Waals surface area contributed by atoms with E-state index in [0.29, 0.717) is 5.41 Å². The molecule has 4 rings (SSSR count). The van der Waals surface area contributed by atoms with Crippen molar-refractivity contribution in [3.8, 4) is 0 Å². The third kappa shape index (κ3) is 5.30. The number of aromatic nitrogens is 4. The van der Waals surface area contributed by atoms with Crippen LogP contribution in [0.25, 0.3) is 0 Å². The van der Waals surface area contributed by atoms with Gasteiger partial charge in [0.05, 0.1) is 0 Å². The molecule has 2 aromatic rings. The predicted molar refractivity (Wildman–Crippen MR) is 98.5 cm³/mol. The van der Waals surface area contributed by atoms with Crippen molar-refractivity contribution in [2.45, 2.75) is 25.4 Å². The average Bonchev–Trinajstić information content (AvgIpc) is 3.12. The standard InChI is InChI=1S/C16H20N6.C2HF3O2/c1-4-16(12-21(10-1)14-17-6-2-7-18-14)5-11-22(13-16)15-19-8-3-9-20-15;3-2(4,5)1(6)7/h2-3,6-9H,1,4-5,10-13H2;(H,6,7). The van der Waals surface area contributed by atoms with Crippen LogP contribution < -0.4 is 9.80 Å². The summed E-state index contributed by atoms with van der Waals surface area (Å²) < 4.78 is 31.7. The molecule has 29 heavy (non-hydrogen) atoms. The van der Waals surface area contributed by atoms with Crippen LogP contribution in [-0.4, -0.2) is 63.4 Å².